The Morgan fingerprint density at radius 3 is 2.59 bits per heavy atom. The molecule has 3 nitrogen and oxygen atoms in total. The number of benzene rings is 1. The highest BCUT2D eigenvalue weighted by molar-refractivity contribution is 6.28. The average molecular weight is 249 g/mol. The third kappa shape index (κ3) is 2.24. The number of hydrogen-bond donors (Lipinski definition) is 0. The van der Waals surface area contributed by atoms with Gasteiger partial charge in [-0.2, -0.15) is 0 Å². The molecule has 2 aromatic rings. The summed E-state index contributed by atoms with van der Waals surface area (Å²) >= 11 is 5.80. The molecular weight excluding hydrogens is 236 g/mol. The van der Waals surface area contributed by atoms with Gasteiger partial charge in [0.1, 0.15) is 5.75 Å². The van der Waals surface area contributed by atoms with E-state index in [1.165, 1.54) is 5.56 Å². The minimum atomic E-state index is 0.239. The van der Waals surface area contributed by atoms with Gasteiger partial charge in [-0.25, -0.2) is 9.97 Å². The van der Waals surface area contributed by atoms with E-state index in [9.17, 15) is 0 Å². The molecule has 0 saturated carbocycles. The van der Waals surface area contributed by atoms with Gasteiger partial charge in [-0.15, -0.1) is 0 Å². The third-order valence-corrected chi connectivity index (χ3v) is 2.97. The second-order valence-corrected chi connectivity index (χ2v) is 4.14. The van der Waals surface area contributed by atoms with E-state index in [1.807, 2.05) is 25.1 Å². The summed E-state index contributed by atoms with van der Waals surface area (Å²) in [6, 6.07) is 5.85. The molecule has 0 N–H and O–H groups in total. The Bertz CT molecular complexity index is 555. The molecule has 0 aliphatic carbocycles. The summed E-state index contributed by atoms with van der Waals surface area (Å²) in [6.45, 7) is 4.08. The molecule has 0 unspecified atom stereocenters. The summed E-state index contributed by atoms with van der Waals surface area (Å²) < 4.78 is 5.45. The topological polar surface area (TPSA) is 35.0 Å². The van der Waals surface area contributed by atoms with Gasteiger partial charge in [-0.1, -0.05) is 6.07 Å². The quantitative estimate of drug-likeness (QED) is 0.764. The van der Waals surface area contributed by atoms with Crippen molar-refractivity contribution in [2.45, 2.75) is 13.8 Å². The van der Waals surface area contributed by atoms with Crippen LogP contribution in [0, 0.1) is 13.8 Å². The lowest BCUT2D eigenvalue weighted by molar-refractivity contribution is 0.413. The van der Waals surface area contributed by atoms with Crippen LogP contribution in [0.4, 0.5) is 0 Å². The Labute approximate surface area is 105 Å². The van der Waals surface area contributed by atoms with Crippen molar-refractivity contribution in [2.24, 2.45) is 0 Å². The first-order valence-electron chi connectivity index (χ1n) is 5.26. The Kier molecular flexibility index (Phi) is 3.29. The van der Waals surface area contributed by atoms with E-state index in [1.54, 1.807) is 13.3 Å². The molecule has 0 radical (unpaired) electrons. The molecule has 0 spiro atoms. The van der Waals surface area contributed by atoms with Crippen LogP contribution < -0.4 is 4.74 Å². The zero-order chi connectivity index (χ0) is 12.4. The molecule has 0 bridgehead atoms. The predicted molar refractivity (Wildman–Crippen MR) is 68.5 cm³/mol. The molecule has 0 aliphatic rings. The third-order valence-electron chi connectivity index (χ3n) is 2.78. The van der Waals surface area contributed by atoms with Crippen molar-refractivity contribution < 1.29 is 4.74 Å². The van der Waals surface area contributed by atoms with Crippen LogP contribution in [0.2, 0.25) is 5.28 Å². The van der Waals surface area contributed by atoms with E-state index < -0.39 is 0 Å². The number of rotatable bonds is 2. The largest absolute Gasteiger partial charge is 0.496 e. The Morgan fingerprint density at radius 2 is 1.94 bits per heavy atom. The fraction of sp³-hybridized carbons (Fsp3) is 0.231. The average Bonchev–Trinajstić information content (AvgIpc) is 2.32. The van der Waals surface area contributed by atoms with Gasteiger partial charge in [0.2, 0.25) is 5.28 Å². The standard InChI is InChI=1S/C13H13ClN2O/c1-8-4-5-10(12(17-3)9(8)2)11-6-7-15-13(14)16-11/h4-7H,1-3H3. The SMILES string of the molecule is COc1c(-c2ccnc(Cl)n2)ccc(C)c1C. The van der Waals surface area contributed by atoms with Gasteiger partial charge in [0.05, 0.1) is 12.8 Å². The van der Waals surface area contributed by atoms with Crippen molar-refractivity contribution in [3.63, 3.8) is 0 Å². The lowest BCUT2D eigenvalue weighted by Gasteiger charge is -2.12. The summed E-state index contributed by atoms with van der Waals surface area (Å²) in [5.74, 6) is 0.833. The van der Waals surface area contributed by atoms with E-state index in [0.717, 1.165) is 22.6 Å². The second kappa shape index (κ2) is 4.72. The maximum atomic E-state index is 5.80. The zero-order valence-electron chi connectivity index (χ0n) is 9.99. The first kappa shape index (κ1) is 11.9. The van der Waals surface area contributed by atoms with Crippen LogP contribution in [0.1, 0.15) is 11.1 Å². The molecule has 1 aromatic heterocycles. The zero-order valence-corrected chi connectivity index (χ0v) is 10.7. The van der Waals surface area contributed by atoms with E-state index >= 15 is 0 Å². The fourth-order valence-corrected chi connectivity index (χ4v) is 1.89. The van der Waals surface area contributed by atoms with Gasteiger partial charge in [0.15, 0.2) is 0 Å². The lowest BCUT2D eigenvalue weighted by atomic mass is 10.0. The maximum Gasteiger partial charge on any atom is 0.222 e. The lowest BCUT2D eigenvalue weighted by Crippen LogP contribution is -1.95. The van der Waals surface area contributed by atoms with Gasteiger partial charge in [-0.3, -0.25) is 0 Å². The molecule has 88 valence electrons. The highest BCUT2D eigenvalue weighted by Gasteiger charge is 2.11. The molecule has 1 aromatic carbocycles. The number of methoxy groups -OCH3 is 1. The van der Waals surface area contributed by atoms with E-state index in [4.69, 9.17) is 16.3 Å². The molecule has 0 saturated heterocycles. The molecule has 0 atom stereocenters. The first-order chi connectivity index (χ1) is 8.13. The van der Waals surface area contributed by atoms with E-state index in [-0.39, 0.29) is 5.28 Å². The first-order valence-corrected chi connectivity index (χ1v) is 5.64. The number of aryl methyl sites for hydroxylation is 1. The van der Waals surface area contributed by atoms with Crippen molar-refractivity contribution in [3.05, 3.63) is 40.8 Å². The van der Waals surface area contributed by atoms with Crippen molar-refractivity contribution in [1.29, 1.82) is 0 Å². The van der Waals surface area contributed by atoms with Crippen LogP contribution in [0.3, 0.4) is 0 Å². The monoisotopic (exact) mass is 248 g/mol. The van der Waals surface area contributed by atoms with Crippen LogP contribution in [-0.4, -0.2) is 17.1 Å². The van der Waals surface area contributed by atoms with Gasteiger partial charge in [0.25, 0.3) is 0 Å². The molecule has 0 amide bonds. The van der Waals surface area contributed by atoms with Gasteiger partial charge < -0.3 is 4.74 Å². The Balaban J connectivity index is 2.63. The number of halogens is 1. The van der Waals surface area contributed by atoms with Crippen LogP contribution in [0.15, 0.2) is 24.4 Å². The smallest absolute Gasteiger partial charge is 0.222 e. The van der Waals surface area contributed by atoms with Crippen LogP contribution in [0.5, 0.6) is 5.75 Å². The summed E-state index contributed by atoms with van der Waals surface area (Å²) in [7, 11) is 1.66. The van der Waals surface area contributed by atoms with Crippen LogP contribution in [0.25, 0.3) is 11.3 Å². The summed E-state index contributed by atoms with van der Waals surface area (Å²) in [5.41, 5.74) is 4.00. The van der Waals surface area contributed by atoms with Crippen molar-refractivity contribution in [3.8, 4) is 17.0 Å². The molecular formula is C13H13ClN2O. The van der Waals surface area contributed by atoms with Gasteiger partial charge in [0, 0.05) is 11.8 Å². The Morgan fingerprint density at radius 1 is 1.18 bits per heavy atom. The summed E-state index contributed by atoms with van der Waals surface area (Å²) in [6.07, 6.45) is 1.64. The fourth-order valence-electron chi connectivity index (χ4n) is 1.74. The van der Waals surface area contributed by atoms with Crippen molar-refractivity contribution >= 4 is 11.6 Å². The minimum Gasteiger partial charge on any atom is -0.496 e. The predicted octanol–water partition coefficient (Wildman–Crippen LogP) is 3.42. The number of hydrogen-bond acceptors (Lipinski definition) is 3. The van der Waals surface area contributed by atoms with E-state index in [2.05, 4.69) is 16.9 Å². The maximum absolute atomic E-state index is 5.80. The minimum absolute atomic E-state index is 0.239. The highest BCUT2D eigenvalue weighted by atomic mass is 35.5. The molecule has 1 heterocycles. The summed E-state index contributed by atoms with van der Waals surface area (Å²) in [5, 5.41) is 0.239. The number of ether oxygens (including phenoxy) is 1. The van der Waals surface area contributed by atoms with Crippen LogP contribution in [-0.2, 0) is 0 Å². The highest BCUT2D eigenvalue weighted by Crippen LogP contribution is 2.33. The second-order valence-electron chi connectivity index (χ2n) is 3.80. The van der Waals surface area contributed by atoms with Gasteiger partial charge >= 0.3 is 0 Å². The molecule has 2 rings (SSSR count). The number of nitrogens with zero attached hydrogens (tertiary/aromatic N) is 2. The molecule has 0 fully saturated rings. The molecule has 4 heteroatoms. The van der Waals surface area contributed by atoms with Crippen molar-refractivity contribution in [1.82, 2.24) is 9.97 Å². The normalized spacial score (nSPS) is 10.4. The summed E-state index contributed by atoms with van der Waals surface area (Å²) in [4.78, 5) is 8.07. The van der Waals surface area contributed by atoms with Gasteiger partial charge in [-0.05, 0) is 48.7 Å². The Hall–Kier alpha value is -1.61. The molecule has 0 aliphatic heterocycles. The van der Waals surface area contributed by atoms with Crippen LogP contribution >= 0.6 is 11.6 Å². The van der Waals surface area contributed by atoms with E-state index in [0.29, 0.717) is 0 Å². The van der Waals surface area contributed by atoms with Crippen molar-refractivity contribution in [2.75, 3.05) is 7.11 Å². The molecule has 17 heavy (non-hydrogen) atoms. The number of aromatic nitrogens is 2.